The Kier molecular flexibility index (Phi) is 6.58. The summed E-state index contributed by atoms with van der Waals surface area (Å²) in [4.78, 5) is 13.4. The van der Waals surface area contributed by atoms with Gasteiger partial charge in [-0.2, -0.15) is 0 Å². The largest absolute Gasteiger partial charge is 0.298 e. The third-order valence-corrected chi connectivity index (χ3v) is 9.91. The molecule has 0 aromatic heterocycles. The molecule has 0 heterocycles. The molecule has 4 fully saturated rings. The predicted octanol–water partition coefficient (Wildman–Crippen LogP) is 8.11. The monoisotopic (exact) mass is 386 g/mol. The van der Waals surface area contributed by atoms with Crippen LogP contribution in [0.15, 0.2) is 0 Å². The van der Waals surface area contributed by atoms with Crippen molar-refractivity contribution in [2.24, 2.45) is 34.5 Å². The van der Waals surface area contributed by atoms with Crippen molar-refractivity contribution in [3.63, 3.8) is 0 Å². The molecule has 4 aliphatic rings. The van der Waals surface area contributed by atoms with Crippen LogP contribution in [0, 0.1) is 34.5 Å². The summed E-state index contributed by atoms with van der Waals surface area (Å²) >= 11 is 0. The molecular weight excluding hydrogens is 340 g/mol. The topological polar surface area (TPSA) is 17.1 Å². The van der Waals surface area contributed by atoms with Crippen molar-refractivity contribution < 1.29 is 4.79 Å². The lowest BCUT2D eigenvalue weighted by Gasteiger charge is -2.59. The number of ketones is 1. The molecule has 4 saturated carbocycles. The Morgan fingerprint density at radius 3 is 1.75 bits per heavy atom. The molecule has 0 aromatic carbocycles. The van der Waals surface area contributed by atoms with Crippen LogP contribution < -0.4 is 0 Å². The Balaban J connectivity index is 1.23. The second kappa shape index (κ2) is 8.81. The third-order valence-electron chi connectivity index (χ3n) is 9.91. The predicted molar refractivity (Wildman–Crippen MR) is 118 cm³/mol. The van der Waals surface area contributed by atoms with Crippen molar-refractivity contribution in [1.82, 2.24) is 0 Å². The van der Waals surface area contributed by atoms with Gasteiger partial charge in [-0.3, -0.25) is 4.79 Å². The number of carbonyl (C=O) groups is 1. The lowest BCUT2D eigenvalue weighted by molar-refractivity contribution is -0.169. The van der Waals surface area contributed by atoms with Crippen LogP contribution in [0.1, 0.15) is 129 Å². The number of hydrogen-bond acceptors (Lipinski definition) is 1. The van der Waals surface area contributed by atoms with Crippen LogP contribution in [0.2, 0.25) is 0 Å². The van der Waals surface area contributed by atoms with Crippen LogP contribution in [0.25, 0.3) is 0 Å². The van der Waals surface area contributed by atoms with Gasteiger partial charge in [0.15, 0.2) is 0 Å². The highest BCUT2D eigenvalue weighted by Gasteiger charge is 2.63. The molecular formula is C27H46O. The second-order valence-electron chi connectivity index (χ2n) is 11.6. The minimum absolute atomic E-state index is 0.145. The number of carbonyl (C=O) groups excluding carboxylic acids is 1. The highest BCUT2D eigenvalue weighted by Crippen LogP contribution is 2.64. The number of Topliss-reactive ketones (excluding diaryl/α,β-unsaturated/α-hetero) is 1. The Bertz CT molecular complexity index is 510. The minimum Gasteiger partial charge on any atom is -0.298 e. The summed E-state index contributed by atoms with van der Waals surface area (Å²) in [7, 11) is 0. The molecule has 4 aliphatic carbocycles. The maximum atomic E-state index is 13.4. The zero-order chi connectivity index (χ0) is 19.6. The zero-order valence-electron chi connectivity index (χ0n) is 18.9. The summed E-state index contributed by atoms with van der Waals surface area (Å²) in [6.07, 6.45) is 24.5. The van der Waals surface area contributed by atoms with Gasteiger partial charge in [-0.05, 0) is 94.3 Å². The molecule has 4 rings (SSSR count). The SMILES string of the molecule is CCCCC1CC[C@]2(CC1)C[C@@]1(CC[C@H](C3CCC(CCC)CC3)CC1)C2=O. The van der Waals surface area contributed by atoms with Gasteiger partial charge >= 0.3 is 0 Å². The Morgan fingerprint density at radius 2 is 1.21 bits per heavy atom. The van der Waals surface area contributed by atoms with Gasteiger partial charge in [-0.25, -0.2) is 0 Å². The van der Waals surface area contributed by atoms with E-state index in [1.54, 1.807) is 0 Å². The average molecular weight is 387 g/mol. The molecule has 0 radical (unpaired) electrons. The van der Waals surface area contributed by atoms with Crippen molar-refractivity contribution in [1.29, 1.82) is 0 Å². The van der Waals surface area contributed by atoms with E-state index in [4.69, 9.17) is 0 Å². The normalized spacial score (nSPS) is 44.0. The van der Waals surface area contributed by atoms with E-state index in [0.29, 0.717) is 0 Å². The van der Waals surface area contributed by atoms with Crippen LogP contribution in [-0.2, 0) is 4.79 Å². The summed E-state index contributed by atoms with van der Waals surface area (Å²) in [6.45, 7) is 4.64. The molecule has 0 amide bonds. The van der Waals surface area contributed by atoms with Crippen LogP contribution in [0.3, 0.4) is 0 Å². The van der Waals surface area contributed by atoms with Crippen molar-refractivity contribution in [2.45, 2.75) is 129 Å². The first-order valence-corrected chi connectivity index (χ1v) is 13.2. The number of rotatable bonds is 6. The first-order chi connectivity index (χ1) is 13.6. The Labute approximate surface area is 174 Å². The van der Waals surface area contributed by atoms with E-state index >= 15 is 0 Å². The van der Waals surface area contributed by atoms with E-state index in [1.807, 2.05) is 0 Å². The quantitative estimate of drug-likeness (QED) is 0.450. The van der Waals surface area contributed by atoms with Crippen molar-refractivity contribution in [3.8, 4) is 0 Å². The second-order valence-corrected chi connectivity index (χ2v) is 11.6. The summed E-state index contributed by atoms with van der Waals surface area (Å²) in [5, 5.41) is 0. The van der Waals surface area contributed by atoms with Gasteiger partial charge in [0.2, 0.25) is 0 Å². The molecule has 0 atom stereocenters. The van der Waals surface area contributed by atoms with E-state index in [-0.39, 0.29) is 10.8 Å². The van der Waals surface area contributed by atoms with E-state index in [9.17, 15) is 4.79 Å². The zero-order valence-corrected chi connectivity index (χ0v) is 18.9. The Hall–Kier alpha value is -0.330. The summed E-state index contributed by atoms with van der Waals surface area (Å²) < 4.78 is 0. The third kappa shape index (κ3) is 3.98. The molecule has 0 unspecified atom stereocenters. The van der Waals surface area contributed by atoms with Crippen LogP contribution >= 0.6 is 0 Å². The molecule has 1 heteroatoms. The first kappa shape index (κ1) is 20.9. The van der Waals surface area contributed by atoms with Gasteiger partial charge in [0.25, 0.3) is 0 Å². The van der Waals surface area contributed by atoms with Crippen molar-refractivity contribution in [3.05, 3.63) is 0 Å². The molecule has 0 aliphatic heterocycles. The molecule has 1 nitrogen and oxygen atoms in total. The first-order valence-electron chi connectivity index (χ1n) is 13.2. The molecule has 0 saturated heterocycles. The Morgan fingerprint density at radius 1 is 0.679 bits per heavy atom. The van der Waals surface area contributed by atoms with Gasteiger partial charge < -0.3 is 0 Å². The molecule has 0 N–H and O–H groups in total. The number of hydrogen-bond donors (Lipinski definition) is 0. The van der Waals surface area contributed by atoms with Gasteiger partial charge in [0.05, 0.1) is 0 Å². The van der Waals surface area contributed by atoms with E-state index in [2.05, 4.69) is 13.8 Å². The van der Waals surface area contributed by atoms with Gasteiger partial charge in [-0.15, -0.1) is 0 Å². The smallest absolute Gasteiger partial charge is 0.145 e. The van der Waals surface area contributed by atoms with Crippen molar-refractivity contribution in [2.75, 3.05) is 0 Å². The van der Waals surface area contributed by atoms with Crippen LogP contribution in [0.5, 0.6) is 0 Å². The fourth-order valence-corrected chi connectivity index (χ4v) is 8.10. The molecule has 160 valence electrons. The maximum Gasteiger partial charge on any atom is 0.145 e. The van der Waals surface area contributed by atoms with Gasteiger partial charge in [-0.1, -0.05) is 58.8 Å². The highest BCUT2D eigenvalue weighted by atomic mass is 16.1. The van der Waals surface area contributed by atoms with E-state index in [1.165, 1.54) is 116 Å². The maximum absolute atomic E-state index is 13.4. The minimum atomic E-state index is 0.145. The standard InChI is InChI=1S/C27H46O/c1-3-5-7-22-12-16-26(17-13-22)20-27(25(26)28)18-14-24(15-19-27)23-10-8-21(6-4-2)9-11-23/h21-24H,3-20H2,1-2H3/t21?,22?,23?,24-,26-,27-. The summed E-state index contributed by atoms with van der Waals surface area (Å²) in [5.74, 6) is 4.62. The highest BCUT2D eigenvalue weighted by molar-refractivity contribution is 5.96. The van der Waals surface area contributed by atoms with Crippen LogP contribution in [0.4, 0.5) is 0 Å². The van der Waals surface area contributed by atoms with Crippen LogP contribution in [-0.4, -0.2) is 5.78 Å². The molecule has 2 spiro atoms. The molecule has 0 bridgehead atoms. The summed E-state index contributed by atoms with van der Waals surface area (Å²) in [6, 6.07) is 0. The summed E-state index contributed by atoms with van der Waals surface area (Å²) in [5.41, 5.74) is 0.292. The van der Waals surface area contributed by atoms with Gasteiger partial charge in [0.1, 0.15) is 5.78 Å². The molecule has 0 aromatic rings. The number of unbranched alkanes of at least 4 members (excludes halogenated alkanes) is 1. The average Bonchev–Trinajstić information content (AvgIpc) is 2.74. The van der Waals surface area contributed by atoms with Crippen molar-refractivity contribution >= 4 is 5.78 Å². The fraction of sp³-hybridized carbons (Fsp3) is 0.963. The lowest BCUT2D eigenvalue weighted by Crippen LogP contribution is -2.59. The fourth-order valence-electron chi connectivity index (χ4n) is 8.10. The van der Waals surface area contributed by atoms with E-state index in [0.717, 1.165) is 29.5 Å². The lowest BCUT2D eigenvalue weighted by atomic mass is 9.42. The van der Waals surface area contributed by atoms with Gasteiger partial charge in [0, 0.05) is 10.8 Å². The van der Waals surface area contributed by atoms with E-state index < -0.39 is 0 Å². The molecule has 28 heavy (non-hydrogen) atoms.